The Morgan fingerprint density at radius 1 is 0.920 bits per heavy atom. The summed E-state index contributed by atoms with van der Waals surface area (Å²) < 4.78 is 15.6. The molecule has 0 spiro atoms. The van der Waals surface area contributed by atoms with Crippen molar-refractivity contribution >= 4 is 11.8 Å². The average molecular weight is 336 g/mol. The molecule has 0 amide bonds. The molecule has 0 unspecified atom stereocenters. The number of ether oxygens (including phenoxy) is 2. The van der Waals surface area contributed by atoms with Gasteiger partial charge in [-0.15, -0.1) is 0 Å². The summed E-state index contributed by atoms with van der Waals surface area (Å²) in [6.45, 7) is 0. The van der Waals surface area contributed by atoms with Crippen LogP contribution in [-0.2, 0) is 4.74 Å². The number of carbonyl (C=O) groups excluding carboxylic acids is 2. The van der Waals surface area contributed by atoms with Gasteiger partial charge < -0.3 is 13.9 Å². The summed E-state index contributed by atoms with van der Waals surface area (Å²) in [5.74, 6) is -0.335. The van der Waals surface area contributed by atoms with Crippen LogP contribution in [0.25, 0.3) is 0 Å². The Bertz CT molecular complexity index is 836. The number of hydrogen-bond acceptors (Lipinski definition) is 5. The third kappa shape index (κ3) is 3.77. The lowest BCUT2D eigenvalue weighted by atomic mass is 9.99. The van der Waals surface area contributed by atoms with Gasteiger partial charge in [-0.25, -0.2) is 4.79 Å². The van der Waals surface area contributed by atoms with Crippen LogP contribution in [0.1, 0.15) is 32.6 Å². The Morgan fingerprint density at radius 3 is 2.24 bits per heavy atom. The molecule has 0 radical (unpaired) electrons. The molecule has 1 heterocycles. The molecule has 0 fully saturated rings. The highest BCUT2D eigenvalue weighted by atomic mass is 16.6. The molecule has 3 rings (SSSR count). The summed E-state index contributed by atoms with van der Waals surface area (Å²) in [5.41, 5.74) is 1.00. The minimum atomic E-state index is -1.06. The maximum absolute atomic E-state index is 12.9. The third-order valence-corrected chi connectivity index (χ3v) is 3.66. The number of methoxy groups -OCH3 is 1. The second kappa shape index (κ2) is 7.49. The Hall–Kier alpha value is -3.34. The van der Waals surface area contributed by atoms with Gasteiger partial charge in [0, 0.05) is 11.1 Å². The number of esters is 1. The van der Waals surface area contributed by atoms with E-state index in [4.69, 9.17) is 13.9 Å². The minimum Gasteiger partial charge on any atom is -0.497 e. The Morgan fingerprint density at radius 2 is 1.64 bits per heavy atom. The van der Waals surface area contributed by atoms with Crippen molar-refractivity contribution in [1.29, 1.82) is 0 Å². The molecule has 0 saturated heterocycles. The van der Waals surface area contributed by atoms with E-state index in [1.807, 2.05) is 6.07 Å². The molecule has 5 nitrogen and oxygen atoms in total. The average Bonchev–Trinajstić information content (AvgIpc) is 3.21. The number of ketones is 1. The lowest BCUT2D eigenvalue weighted by molar-refractivity contribution is 0.0250. The first-order valence-corrected chi connectivity index (χ1v) is 7.67. The molecule has 5 heteroatoms. The second-order valence-corrected chi connectivity index (χ2v) is 5.27. The fourth-order valence-corrected chi connectivity index (χ4v) is 2.37. The van der Waals surface area contributed by atoms with Crippen LogP contribution in [0.5, 0.6) is 5.75 Å². The van der Waals surface area contributed by atoms with Crippen molar-refractivity contribution in [1.82, 2.24) is 0 Å². The molecule has 0 aliphatic carbocycles. The molecule has 0 N–H and O–H groups in total. The van der Waals surface area contributed by atoms with Crippen molar-refractivity contribution in [3.8, 4) is 5.75 Å². The van der Waals surface area contributed by atoms with E-state index < -0.39 is 12.1 Å². The van der Waals surface area contributed by atoms with Crippen molar-refractivity contribution < 1.29 is 23.5 Å². The molecule has 3 aromatic rings. The Labute approximate surface area is 144 Å². The van der Waals surface area contributed by atoms with Crippen LogP contribution in [0.15, 0.2) is 77.4 Å². The van der Waals surface area contributed by atoms with Crippen LogP contribution < -0.4 is 4.74 Å². The number of hydrogen-bond donors (Lipinski definition) is 0. The van der Waals surface area contributed by atoms with Crippen molar-refractivity contribution in [2.75, 3.05) is 7.11 Å². The summed E-state index contributed by atoms with van der Waals surface area (Å²) in [4.78, 5) is 25.1. The van der Waals surface area contributed by atoms with Crippen molar-refractivity contribution in [2.24, 2.45) is 0 Å². The van der Waals surface area contributed by atoms with Gasteiger partial charge in [-0.3, -0.25) is 4.79 Å². The highest BCUT2D eigenvalue weighted by Gasteiger charge is 2.27. The normalized spacial score (nSPS) is 11.6. The molecule has 25 heavy (non-hydrogen) atoms. The fourth-order valence-electron chi connectivity index (χ4n) is 2.37. The zero-order chi connectivity index (χ0) is 17.6. The first kappa shape index (κ1) is 16.5. The molecule has 1 atom stereocenters. The van der Waals surface area contributed by atoms with E-state index in [1.165, 1.54) is 12.3 Å². The maximum atomic E-state index is 12.9. The number of Topliss-reactive ketones (excluding diaryl/α,β-unsaturated/α-hetero) is 1. The van der Waals surface area contributed by atoms with Gasteiger partial charge in [0.05, 0.1) is 13.4 Å². The molecule has 0 bridgehead atoms. The number of furan rings is 1. The van der Waals surface area contributed by atoms with Gasteiger partial charge in [0.25, 0.3) is 0 Å². The van der Waals surface area contributed by atoms with Gasteiger partial charge in [-0.2, -0.15) is 0 Å². The predicted octanol–water partition coefficient (Wildman–Crippen LogP) is 4.07. The quantitative estimate of drug-likeness (QED) is 0.501. The molecule has 1 aromatic heterocycles. The van der Waals surface area contributed by atoms with Gasteiger partial charge in [0.2, 0.25) is 11.5 Å². The summed E-state index contributed by atoms with van der Waals surface area (Å²) >= 11 is 0. The van der Waals surface area contributed by atoms with Crippen LogP contribution in [0, 0.1) is 0 Å². The van der Waals surface area contributed by atoms with E-state index in [2.05, 4.69) is 0 Å². The van der Waals surface area contributed by atoms with Gasteiger partial charge in [0.15, 0.2) is 6.10 Å². The van der Waals surface area contributed by atoms with Crippen molar-refractivity contribution in [3.63, 3.8) is 0 Å². The van der Waals surface area contributed by atoms with Gasteiger partial charge >= 0.3 is 5.97 Å². The Kier molecular flexibility index (Phi) is 4.95. The van der Waals surface area contributed by atoms with Crippen LogP contribution in [-0.4, -0.2) is 18.9 Å². The summed E-state index contributed by atoms with van der Waals surface area (Å²) in [6, 6.07) is 18.6. The molecular formula is C20H16O5. The minimum absolute atomic E-state index is 0.0449. The van der Waals surface area contributed by atoms with Gasteiger partial charge in [0.1, 0.15) is 5.75 Å². The molecule has 2 aromatic carbocycles. The van der Waals surface area contributed by atoms with E-state index >= 15 is 0 Å². The molecule has 0 aliphatic rings. The van der Waals surface area contributed by atoms with E-state index in [0.29, 0.717) is 16.9 Å². The van der Waals surface area contributed by atoms with Crippen molar-refractivity contribution in [2.45, 2.75) is 6.10 Å². The van der Waals surface area contributed by atoms with Gasteiger partial charge in [-0.05, 0) is 36.4 Å². The highest BCUT2D eigenvalue weighted by molar-refractivity contribution is 6.01. The SMILES string of the molecule is COc1ccc(C(=O)[C@H](OC(=O)c2ccco2)c2ccccc2)cc1. The molecule has 0 aliphatic heterocycles. The monoisotopic (exact) mass is 336 g/mol. The van der Waals surface area contributed by atoms with Crippen molar-refractivity contribution in [3.05, 3.63) is 89.9 Å². The smallest absolute Gasteiger partial charge is 0.375 e. The summed E-state index contributed by atoms with van der Waals surface area (Å²) in [6.07, 6.45) is 0.312. The lowest BCUT2D eigenvalue weighted by Crippen LogP contribution is -2.20. The fraction of sp³-hybridized carbons (Fsp3) is 0.100. The van der Waals surface area contributed by atoms with E-state index in [9.17, 15) is 9.59 Å². The summed E-state index contributed by atoms with van der Waals surface area (Å²) in [7, 11) is 1.55. The predicted molar refractivity (Wildman–Crippen MR) is 90.6 cm³/mol. The lowest BCUT2D eigenvalue weighted by Gasteiger charge is -2.17. The molecule has 126 valence electrons. The van der Waals surface area contributed by atoms with Crippen LogP contribution in [0.4, 0.5) is 0 Å². The first-order valence-electron chi connectivity index (χ1n) is 7.67. The maximum Gasteiger partial charge on any atom is 0.375 e. The second-order valence-electron chi connectivity index (χ2n) is 5.27. The number of carbonyl (C=O) groups is 2. The van der Waals surface area contributed by atoms with E-state index in [0.717, 1.165) is 0 Å². The van der Waals surface area contributed by atoms with E-state index in [1.54, 1.807) is 61.7 Å². The molecular weight excluding hydrogens is 320 g/mol. The first-order chi connectivity index (χ1) is 12.2. The largest absolute Gasteiger partial charge is 0.497 e. The zero-order valence-corrected chi connectivity index (χ0v) is 13.5. The van der Waals surface area contributed by atoms with E-state index in [-0.39, 0.29) is 11.5 Å². The standard InChI is InChI=1S/C20H16O5/c1-23-16-11-9-14(10-12-16)18(21)19(15-6-3-2-4-7-15)25-20(22)17-8-5-13-24-17/h2-13,19H,1H3/t19-/m1/s1. The van der Waals surface area contributed by atoms with Crippen LogP contribution in [0.3, 0.4) is 0 Å². The van der Waals surface area contributed by atoms with Gasteiger partial charge in [-0.1, -0.05) is 30.3 Å². The molecule has 0 saturated carbocycles. The number of rotatable bonds is 6. The van der Waals surface area contributed by atoms with Crippen LogP contribution in [0.2, 0.25) is 0 Å². The zero-order valence-electron chi connectivity index (χ0n) is 13.5. The topological polar surface area (TPSA) is 65.7 Å². The Balaban J connectivity index is 1.90. The summed E-state index contributed by atoms with van der Waals surface area (Å²) in [5, 5.41) is 0. The highest BCUT2D eigenvalue weighted by Crippen LogP contribution is 2.25. The van der Waals surface area contributed by atoms with Crippen LogP contribution >= 0.6 is 0 Å². The third-order valence-electron chi connectivity index (χ3n) is 3.66. The number of benzene rings is 2.